The highest BCUT2D eigenvalue weighted by molar-refractivity contribution is 6.36. The van der Waals surface area contributed by atoms with Gasteiger partial charge in [0, 0.05) is 105 Å². The summed E-state index contributed by atoms with van der Waals surface area (Å²) in [6.45, 7) is 4.18. The van der Waals surface area contributed by atoms with Crippen molar-refractivity contribution in [3.63, 3.8) is 0 Å². The maximum absolute atomic E-state index is 14.3. The number of rotatable bonds is 14. The molecular weight excluding hydrogens is 783 g/mol. The number of hydrogen-bond donors (Lipinski definition) is 4. The minimum atomic E-state index is -1.87. The van der Waals surface area contributed by atoms with E-state index in [0.29, 0.717) is 43.3 Å². The van der Waals surface area contributed by atoms with Gasteiger partial charge in [-0.2, -0.15) is 0 Å². The van der Waals surface area contributed by atoms with Crippen LogP contribution in [0.5, 0.6) is 0 Å². The van der Waals surface area contributed by atoms with Crippen molar-refractivity contribution in [2.75, 3.05) is 47.3 Å². The zero-order valence-corrected chi connectivity index (χ0v) is 35.2. The van der Waals surface area contributed by atoms with E-state index >= 15 is 0 Å². The Morgan fingerprint density at radius 3 is 1.91 bits per heavy atom. The van der Waals surface area contributed by atoms with Crippen molar-refractivity contribution in [3.8, 4) is 0 Å². The Hall–Kier alpha value is -4.43. The number of piperidine rings is 1. The lowest BCUT2D eigenvalue weighted by Crippen LogP contribution is -2.56. The number of carbonyl (C=O) groups is 5. The van der Waals surface area contributed by atoms with Gasteiger partial charge in [0.05, 0.1) is 23.0 Å². The fourth-order valence-corrected chi connectivity index (χ4v) is 10.5. The number of hydrogen-bond acceptors (Lipinski definition) is 8. The molecule has 0 radical (unpaired) electrons. The fraction of sp³-hybridized carbons (Fsp3) is 0.512. The number of halogens is 2. The first kappa shape index (κ1) is 43.2. The van der Waals surface area contributed by atoms with Crippen LogP contribution in [0.1, 0.15) is 75.0 Å². The van der Waals surface area contributed by atoms with Gasteiger partial charge in [-0.1, -0.05) is 53.5 Å². The van der Waals surface area contributed by atoms with Crippen LogP contribution in [0.2, 0.25) is 10.0 Å². The highest BCUT2D eigenvalue weighted by Crippen LogP contribution is 2.52. The van der Waals surface area contributed by atoms with Gasteiger partial charge >= 0.3 is 11.9 Å². The predicted molar refractivity (Wildman–Crippen MR) is 221 cm³/mol. The zero-order valence-electron chi connectivity index (χ0n) is 33.7. The summed E-state index contributed by atoms with van der Waals surface area (Å²) in [6, 6.07) is 13.8. The van der Waals surface area contributed by atoms with E-state index in [-0.39, 0.29) is 82.4 Å². The second-order valence-corrected chi connectivity index (χ2v) is 16.8. The van der Waals surface area contributed by atoms with E-state index in [1.165, 1.54) is 26.8 Å². The molecule has 0 aromatic heterocycles. The number of nitrogens with zero attached hydrogens (tertiary/aromatic N) is 4. The van der Waals surface area contributed by atoms with Gasteiger partial charge in [-0.3, -0.25) is 19.3 Å². The van der Waals surface area contributed by atoms with E-state index in [9.17, 15) is 34.2 Å². The third kappa shape index (κ3) is 8.78. The first-order chi connectivity index (χ1) is 27.6. The van der Waals surface area contributed by atoms with Gasteiger partial charge < -0.3 is 35.5 Å². The number of carboxylic acids is 2. The lowest BCUT2D eigenvalue weighted by atomic mass is 9.66. The molecule has 4 aliphatic heterocycles. The normalized spacial score (nSPS) is 23.9. The maximum atomic E-state index is 14.3. The quantitative estimate of drug-likeness (QED) is 0.208. The molecule has 4 aliphatic rings. The van der Waals surface area contributed by atoms with Gasteiger partial charge in [0.2, 0.25) is 17.7 Å². The molecule has 6 rings (SSSR count). The highest BCUT2D eigenvalue weighted by atomic mass is 35.5. The van der Waals surface area contributed by atoms with Crippen LogP contribution in [0.3, 0.4) is 0 Å². The average molecular weight is 838 g/mol. The van der Waals surface area contributed by atoms with Crippen molar-refractivity contribution in [1.82, 2.24) is 30.2 Å². The summed E-state index contributed by atoms with van der Waals surface area (Å²) in [5.41, 5.74) is -0.115. The van der Waals surface area contributed by atoms with Crippen LogP contribution in [0.25, 0.3) is 0 Å². The van der Waals surface area contributed by atoms with Gasteiger partial charge in [0.15, 0.2) is 0 Å². The second kappa shape index (κ2) is 18.2. The number of carboxylic acid groups (broad SMARTS) is 2. The number of piperazine rings is 1. The smallest absolute Gasteiger partial charge is 0.334 e. The third-order valence-corrected chi connectivity index (χ3v) is 13.6. The van der Waals surface area contributed by atoms with E-state index in [2.05, 4.69) is 27.5 Å². The van der Waals surface area contributed by atoms with Crippen LogP contribution in [0, 0.1) is 0 Å². The van der Waals surface area contributed by atoms with Crippen LogP contribution in [0.4, 0.5) is 0 Å². The Labute approximate surface area is 350 Å². The van der Waals surface area contributed by atoms with E-state index in [1.54, 1.807) is 35.0 Å². The molecule has 2 bridgehead atoms. The van der Waals surface area contributed by atoms with E-state index < -0.39 is 17.4 Å². The zero-order chi connectivity index (χ0) is 41.9. The first-order valence-electron chi connectivity index (χ1n) is 20.0. The molecule has 0 saturated carbocycles. The number of benzene rings is 2. The Bertz CT molecular complexity index is 1980. The molecule has 3 saturated heterocycles. The molecule has 13 nitrogen and oxygen atoms in total. The van der Waals surface area contributed by atoms with Gasteiger partial charge in [0.25, 0.3) is 0 Å². The van der Waals surface area contributed by atoms with Crippen molar-refractivity contribution in [3.05, 3.63) is 91.7 Å². The van der Waals surface area contributed by atoms with Gasteiger partial charge in [-0.15, -0.1) is 0 Å². The summed E-state index contributed by atoms with van der Waals surface area (Å²) in [4.78, 5) is 73.9. The fourth-order valence-electron chi connectivity index (χ4n) is 9.73. The molecule has 2 aromatic rings. The third-order valence-electron chi connectivity index (χ3n) is 12.9. The Kier molecular flexibility index (Phi) is 13.6. The van der Waals surface area contributed by atoms with Crippen LogP contribution in [-0.2, 0) is 42.4 Å². The molecule has 2 aromatic carbocycles. The molecule has 312 valence electrons. The number of fused-ring (bicyclic) bond motifs is 2. The number of aryl methyl sites for hydroxylation is 1. The van der Waals surface area contributed by atoms with Crippen LogP contribution >= 0.6 is 23.2 Å². The van der Waals surface area contributed by atoms with Gasteiger partial charge in [-0.05, 0) is 75.8 Å². The summed E-state index contributed by atoms with van der Waals surface area (Å²) in [6.07, 6.45) is 4.98. The number of nitrogens with one attached hydrogen (secondary N) is 2. The summed E-state index contributed by atoms with van der Waals surface area (Å²) in [5, 5.41) is 27.6. The average Bonchev–Trinajstić information content (AvgIpc) is 3.37. The standard InChI is InChI=1S/C43H54Cl2N6O7/c1-43(38-31(44)10-7-11-32(38)45)39(41(55)56)33(15-12-26-8-5-6-9-27(26)25-47-36(53)17-16-35(52)46-2)49(4)34(40(43)42(57)58)24-37(54)51-20-18-50(19-21-51)30-22-28-13-14-29(23-30)48(28)3/h5-11,28-30H,12-25H2,1-4H3,(H,46,52)(H,47,53)(H,55,56)(H,57,58). The van der Waals surface area contributed by atoms with Crippen molar-refractivity contribution in [1.29, 1.82) is 0 Å². The summed E-state index contributed by atoms with van der Waals surface area (Å²) >= 11 is 13.6. The minimum Gasteiger partial charge on any atom is -0.478 e. The Balaban J connectivity index is 1.30. The molecule has 0 aliphatic carbocycles. The largest absolute Gasteiger partial charge is 0.478 e. The second-order valence-electron chi connectivity index (χ2n) is 16.0. The van der Waals surface area contributed by atoms with Crippen LogP contribution in [0.15, 0.2) is 65.0 Å². The molecule has 4 heterocycles. The molecule has 3 atom stereocenters. The Morgan fingerprint density at radius 1 is 0.759 bits per heavy atom. The monoisotopic (exact) mass is 836 g/mol. The molecule has 3 fully saturated rings. The van der Waals surface area contributed by atoms with Crippen molar-refractivity contribution in [2.24, 2.45) is 0 Å². The number of allylic oxidation sites excluding steroid dienone is 1. The number of carbonyl (C=O) groups excluding carboxylic acids is 3. The van der Waals surface area contributed by atoms with Crippen LogP contribution in [-0.4, -0.2) is 125 Å². The first-order valence-corrected chi connectivity index (χ1v) is 20.8. The van der Waals surface area contributed by atoms with Crippen LogP contribution < -0.4 is 10.6 Å². The maximum Gasteiger partial charge on any atom is 0.334 e. The predicted octanol–water partition coefficient (Wildman–Crippen LogP) is 4.81. The topological polar surface area (TPSA) is 163 Å². The number of aliphatic carboxylic acids is 2. The molecule has 58 heavy (non-hydrogen) atoms. The minimum absolute atomic E-state index is 0.0271. The summed E-state index contributed by atoms with van der Waals surface area (Å²) in [7, 11) is 5.35. The summed E-state index contributed by atoms with van der Waals surface area (Å²) in [5.74, 6) is -3.50. The lowest BCUT2D eigenvalue weighted by molar-refractivity contribution is -0.134. The number of amides is 3. The van der Waals surface area contributed by atoms with Crippen molar-refractivity contribution in [2.45, 2.75) is 94.8 Å². The molecule has 4 N–H and O–H groups in total. The SMILES string of the molecule is CNC(=O)CCC(=O)NCc1ccccc1CCC1=C(C(=O)O)C(C)(c2c(Cl)cccc2Cl)C(C(=O)O)=C(CC(=O)N2CCN(C3CC4CCC(C3)N4C)CC2)N1C. The summed E-state index contributed by atoms with van der Waals surface area (Å²) < 4.78 is 0. The molecule has 3 amide bonds. The van der Waals surface area contributed by atoms with Crippen molar-refractivity contribution < 1.29 is 34.2 Å². The molecule has 0 spiro atoms. The Morgan fingerprint density at radius 2 is 1.33 bits per heavy atom. The van der Waals surface area contributed by atoms with Gasteiger partial charge in [0.1, 0.15) is 0 Å². The van der Waals surface area contributed by atoms with Crippen molar-refractivity contribution >= 4 is 52.9 Å². The molecule has 3 unspecified atom stereocenters. The molecule has 15 heteroatoms. The molecular formula is C43H54Cl2N6O7. The lowest BCUT2D eigenvalue weighted by Gasteiger charge is -2.46. The van der Waals surface area contributed by atoms with E-state index in [4.69, 9.17) is 23.2 Å². The highest BCUT2D eigenvalue weighted by Gasteiger charge is 2.52. The van der Waals surface area contributed by atoms with Gasteiger partial charge in [-0.25, -0.2) is 9.59 Å². The van der Waals surface area contributed by atoms with E-state index in [0.717, 1.165) is 37.1 Å². The van der Waals surface area contributed by atoms with E-state index in [1.807, 2.05) is 24.3 Å².